The molecule has 4 nitrogen and oxygen atoms in total. The van der Waals surface area contributed by atoms with Crippen molar-refractivity contribution in [3.8, 4) is 5.75 Å². The fourth-order valence-electron chi connectivity index (χ4n) is 2.26. The number of hydrogen-bond acceptors (Lipinski definition) is 3. The van der Waals surface area contributed by atoms with Gasteiger partial charge in [-0.05, 0) is 42.9 Å². The molecule has 0 aliphatic heterocycles. The van der Waals surface area contributed by atoms with Crippen molar-refractivity contribution in [2.75, 3.05) is 6.54 Å². The number of rotatable bonds is 7. The van der Waals surface area contributed by atoms with Crippen LogP contribution in [0.15, 0.2) is 24.3 Å². The molecular formula is C15H20ClF3N2O2. The fourth-order valence-corrected chi connectivity index (χ4v) is 2.26. The first-order chi connectivity index (χ1) is 10.4. The van der Waals surface area contributed by atoms with Gasteiger partial charge in [0.15, 0.2) is 0 Å². The van der Waals surface area contributed by atoms with Crippen LogP contribution in [0.25, 0.3) is 0 Å². The molecule has 2 rings (SSSR count). The van der Waals surface area contributed by atoms with Gasteiger partial charge in [-0.1, -0.05) is 12.1 Å². The average molecular weight is 353 g/mol. The van der Waals surface area contributed by atoms with Gasteiger partial charge in [-0.3, -0.25) is 4.79 Å². The minimum atomic E-state index is -4.69. The predicted molar refractivity (Wildman–Crippen MR) is 82.4 cm³/mol. The van der Waals surface area contributed by atoms with E-state index in [1.165, 1.54) is 24.3 Å². The Kier molecular flexibility index (Phi) is 7.15. The van der Waals surface area contributed by atoms with Gasteiger partial charge in [-0.15, -0.1) is 25.6 Å². The lowest BCUT2D eigenvalue weighted by Crippen LogP contribution is -2.41. The van der Waals surface area contributed by atoms with Gasteiger partial charge in [-0.25, -0.2) is 0 Å². The van der Waals surface area contributed by atoms with Crippen molar-refractivity contribution in [2.45, 2.75) is 38.1 Å². The van der Waals surface area contributed by atoms with Gasteiger partial charge >= 0.3 is 6.36 Å². The number of nitrogens with two attached hydrogens (primary N) is 1. The maximum atomic E-state index is 12.0. The summed E-state index contributed by atoms with van der Waals surface area (Å²) in [6.07, 6.45) is -1.75. The molecule has 3 N–H and O–H groups in total. The molecule has 0 spiro atoms. The Bertz CT molecular complexity index is 504. The Morgan fingerprint density at radius 3 is 2.39 bits per heavy atom. The summed E-state index contributed by atoms with van der Waals surface area (Å²) in [5, 5.41) is 2.90. The van der Waals surface area contributed by atoms with Crippen LogP contribution in [0.2, 0.25) is 0 Å². The molecule has 0 heterocycles. The molecule has 23 heavy (non-hydrogen) atoms. The first-order valence-corrected chi connectivity index (χ1v) is 7.21. The maximum Gasteiger partial charge on any atom is 0.573 e. The Labute approximate surface area is 139 Å². The molecule has 0 bridgehead atoms. The van der Waals surface area contributed by atoms with E-state index in [1.807, 2.05) is 0 Å². The summed E-state index contributed by atoms with van der Waals surface area (Å²) in [7, 11) is 0. The van der Waals surface area contributed by atoms with Crippen LogP contribution in [0, 0.1) is 5.92 Å². The molecule has 1 amide bonds. The second kappa shape index (κ2) is 8.40. The van der Waals surface area contributed by atoms with Gasteiger partial charge < -0.3 is 15.8 Å². The Morgan fingerprint density at radius 2 is 1.91 bits per heavy atom. The average Bonchev–Trinajstić information content (AvgIpc) is 3.27. The van der Waals surface area contributed by atoms with Crippen LogP contribution >= 0.6 is 12.4 Å². The first kappa shape index (κ1) is 19.6. The van der Waals surface area contributed by atoms with E-state index in [9.17, 15) is 18.0 Å². The van der Waals surface area contributed by atoms with Crippen LogP contribution in [-0.4, -0.2) is 24.9 Å². The molecular weight excluding hydrogens is 333 g/mol. The summed E-state index contributed by atoms with van der Waals surface area (Å²) in [6.45, 7) is 0.430. The third-order valence-corrected chi connectivity index (χ3v) is 3.59. The quantitative estimate of drug-likeness (QED) is 0.793. The van der Waals surface area contributed by atoms with Crippen LogP contribution in [0.5, 0.6) is 5.75 Å². The van der Waals surface area contributed by atoms with E-state index in [1.54, 1.807) is 0 Å². The molecule has 1 fully saturated rings. The normalized spacial score (nSPS) is 15.5. The summed E-state index contributed by atoms with van der Waals surface area (Å²) >= 11 is 0. The SMILES string of the molecule is Cl.NCC(NC(=O)CCc1ccc(OC(F)(F)F)cc1)C1CC1. The van der Waals surface area contributed by atoms with E-state index in [4.69, 9.17) is 5.73 Å². The van der Waals surface area contributed by atoms with Crippen molar-refractivity contribution in [3.63, 3.8) is 0 Å². The van der Waals surface area contributed by atoms with Gasteiger partial charge in [-0.2, -0.15) is 0 Å². The smallest absolute Gasteiger partial charge is 0.406 e. The Morgan fingerprint density at radius 1 is 1.30 bits per heavy atom. The number of hydrogen-bond donors (Lipinski definition) is 2. The van der Waals surface area contributed by atoms with E-state index >= 15 is 0 Å². The topological polar surface area (TPSA) is 64.3 Å². The van der Waals surface area contributed by atoms with E-state index in [-0.39, 0.29) is 36.5 Å². The molecule has 1 aliphatic rings. The summed E-state index contributed by atoms with van der Waals surface area (Å²) in [5.41, 5.74) is 6.39. The third-order valence-electron chi connectivity index (χ3n) is 3.59. The summed E-state index contributed by atoms with van der Waals surface area (Å²) in [6, 6.07) is 5.57. The lowest BCUT2D eigenvalue weighted by Gasteiger charge is -2.16. The number of aryl methyl sites for hydroxylation is 1. The molecule has 0 radical (unpaired) electrons. The molecule has 0 aromatic heterocycles. The highest BCUT2D eigenvalue weighted by Gasteiger charge is 2.31. The van der Waals surface area contributed by atoms with Crippen molar-refractivity contribution >= 4 is 18.3 Å². The monoisotopic (exact) mass is 352 g/mol. The van der Waals surface area contributed by atoms with Gasteiger partial charge in [0.1, 0.15) is 5.75 Å². The Balaban J connectivity index is 0.00000264. The largest absolute Gasteiger partial charge is 0.573 e. The number of carbonyl (C=O) groups is 1. The van der Waals surface area contributed by atoms with E-state index in [2.05, 4.69) is 10.1 Å². The number of halogens is 4. The first-order valence-electron chi connectivity index (χ1n) is 7.21. The minimum absolute atomic E-state index is 0. The molecule has 130 valence electrons. The molecule has 1 atom stereocenters. The summed E-state index contributed by atoms with van der Waals surface area (Å²) in [5.74, 6) is 0.142. The number of ether oxygens (including phenoxy) is 1. The van der Waals surface area contributed by atoms with Crippen molar-refractivity contribution in [2.24, 2.45) is 11.7 Å². The number of amides is 1. The highest BCUT2D eigenvalue weighted by Crippen LogP contribution is 2.32. The highest BCUT2D eigenvalue weighted by molar-refractivity contribution is 5.85. The summed E-state index contributed by atoms with van der Waals surface area (Å²) < 4.78 is 39.9. The van der Waals surface area contributed by atoms with Crippen LogP contribution in [0.1, 0.15) is 24.8 Å². The van der Waals surface area contributed by atoms with Crippen molar-refractivity contribution in [1.82, 2.24) is 5.32 Å². The number of alkyl halides is 3. The van der Waals surface area contributed by atoms with Crippen molar-refractivity contribution in [3.05, 3.63) is 29.8 Å². The number of nitrogens with one attached hydrogen (secondary N) is 1. The van der Waals surface area contributed by atoms with E-state index in [0.29, 0.717) is 18.9 Å². The molecule has 1 aromatic carbocycles. The standard InChI is InChI=1S/C15H19F3N2O2.ClH/c16-15(17,18)22-12-6-1-10(2-7-12)3-8-14(21)20-13(9-19)11-4-5-11;/h1-2,6-7,11,13H,3-5,8-9,19H2,(H,20,21);1H. The van der Waals surface area contributed by atoms with Crippen molar-refractivity contribution < 1.29 is 22.7 Å². The minimum Gasteiger partial charge on any atom is -0.406 e. The lowest BCUT2D eigenvalue weighted by molar-refractivity contribution is -0.274. The fraction of sp³-hybridized carbons (Fsp3) is 0.533. The van der Waals surface area contributed by atoms with E-state index < -0.39 is 6.36 Å². The molecule has 1 unspecified atom stereocenters. The number of benzene rings is 1. The van der Waals surface area contributed by atoms with Gasteiger partial charge in [0.05, 0.1) is 0 Å². The summed E-state index contributed by atoms with van der Waals surface area (Å²) in [4.78, 5) is 11.8. The van der Waals surface area contributed by atoms with Gasteiger partial charge in [0.25, 0.3) is 0 Å². The molecule has 0 saturated heterocycles. The zero-order valence-electron chi connectivity index (χ0n) is 12.4. The second-order valence-electron chi connectivity index (χ2n) is 5.44. The van der Waals surface area contributed by atoms with Crippen molar-refractivity contribution in [1.29, 1.82) is 0 Å². The van der Waals surface area contributed by atoms with Crippen LogP contribution in [0.4, 0.5) is 13.2 Å². The van der Waals surface area contributed by atoms with E-state index in [0.717, 1.165) is 18.4 Å². The zero-order valence-corrected chi connectivity index (χ0v) is 13.3. The third kappa shape index (κ3) is 7.09. The molecule has 1 aromatic rings. The molecule has 8 heteroatoms. The maximum absolute atomic E-state index is 12.0. The lowest BCUT2D eigenvalue weighted by atomic mass is 10.1. The molecule has 1 aliphatic carbocycles. The Hall–Kier alpha value is -1.47. The van der Waals surface area contributed by atoms with Crippen LogP contribution in [0.3, 0.4) is 0 Å². The predicted octanol–water partition coefficient (Wildman–Crippen LogP) is 2.79. The molecule has 1 saturated carbocycles. The van der Waals surface area contributed by atoms with Gasteiger partial charge in [0.2, 0.25) is 5.91 Å². The second-order valence-corrected chi connectivity index (χ2v) is 5.44. The van der Waals surface area contributed by atoms with Gasteiger partial charge in [0, 0.05) is 19.0 Å². The zero-order chi connectivity index (χ0) is 16.2. The van der Waals surface area contributed by atoms with Crippen LogP contribution in [-0.2, 0) is 11.2 Å². The van der Waals surface area contributed by atoms with Crippen LogP contribution < -0.4 is 15.8 Å². The highest BCUT2D eigenvalue weighted by atomic mass is 35.5. The number of carbonyl (C=O) groups excluding carboxylic acids is 1.